The molecule has 4 rings (SSSR count). The number of fused-ring (bicyclic) bond motifs is 2. The minimum absolute atomic E-state index is 0.0927. The summed E-state index contributed by atoms with van der Waals surface area (Å²) in [4.78, 5) is 3.27. The number of hydrogen-bond acceptors (Lipinski definition) is 1. The number of aliphatic hydroxyl groups is 1. The van der Waals surface area contributed by atoms with Gasteiger partial charge in [0.15, 0.2) is 0 Å². The number of aromatic amines is 1. The van der Waals surface area contributed by atoms with Crippen LogP contribution in [0, 0.1) is 0 Å². The van der Waals surface area contributed by atoms with Gasteiger partial charge in [-0.1, -0.05) is 53.6 Å². The first-order chi connectivity index (χ1) is 10.8. The molecule has 2 nitrogen and oxygen atoms in total. The molecule has 3 heteroatoms. The van der Waals surface area contributed by atoms with Crippen LogP contribution in [-0.4, -0.2) is 16.7 Å². The van der Waals surface area contributed by atoms with Gasteiger partial charge in [0.2, 0.25) is 0 Å². The van der Waals surface area contributed by atoms with Crippen molar-refractivity contribution in [3.8, 4) is 0 Å². The molecule has 0 unspecified atom stereocenters. The summed E-state index contributed by atoms with van der Waals surface area (Å²) in [6, 6.07) is 14.3. The standard InChI is InChI=1S/C19H16ClNO/c20-18-7-3-6-16-14(10-21-19(16)18)9-13-8-12-4-1-2-5-15(12)17(13)11-22/h1-7,10,21-22H,8-9,11H2. The van der Waals surface area contributed by atoms with E-state index in [1.54, 1.807) is 0 Å². The van der Waals surface area contributed by atoms with Crippen LogP contribution in [0.1, 0.15) is 16.7 Å². The fraction of sp³-hybridized carbons (Fsp3) is 0.158. The van der Waals surface area contributed by atoms with Gasteiger partial charge in [0.05, 0.1) is 17.1 Å². The van der Waals surface area contributed by atoms with Crippen LogP contribution in [0.3, 0.4) is 0 Å². The lowest BCUT2D eigenvalue weighted by atomic mass is 10.0. The lowest BCUT2D eigenvalue weighted by Crippen LogP contribution is -1.94. The van der Waals surface area contributed by atoms with Crippen LogP contribution in [0.15, 0.2) is 54.2 Å². The molecule has 0 amide bonds. The van der Waals surface area contributed by atoms with E-state index in [0.717, 1.165) is 34.3 Å². The third-order valence-electron chi connectivity index (χ3n) is 4.49. The number of H-pyrrole nitrogens is 1. The molecule has 2 aromatic carbocycles. The highest BCUT2D eigenvalue weighted by atomic mass is 35.5. The van der Waals surface area contributed by atoms with Crippen LogP contribution in [-0.2, 0) is 12.8 Å². The van der Waals surface area contributed by atoms with E-state index in [1.165, 1.54) is 22.3 Å². The maximum atomic E-state index is 9.78. The largest absolute Gasteiger partial charge is 0.392 e. The molecule has 1 aliphatic carbocycles. The Morgan fingerprint density at radius 2 is 1.95 bits per heavy atom. The van der Waals surface area contributed by atoms with Crippen molar-refractivity contribution in [3.05, 3.63) is 75.9 Å². The smallest absolute Gasteiger partial charge is 0.0687 e. The molecular weight excluding hydrogens is 294 g/mol. The summed E-state index contributed by atoms with van der Waals surface area (Å²) in [7, 11) is 0. The fourth-order valence-electron chi connectivity index (χ4n) is 3.41. The fourth-order valence-corrected chi connectivity index (χ4v) is 3.64. The highest BCUT2D eigenvalue weighted by molar-refractivity contribution is 6.35. The lowest BCUT2D eigenvalue weighted by Gasteiger charge is -2.05. The zero-order valence-corrected chi connectivity index (χ0v) is 12.8. The van der Waals surface area contributed by atoms with Crippen molar-refractivity contribution < 1.29 is 5.11 Å². The number of halogens is 1. The Bertz CT molecular complexity index is 891. The Morgan fingerprint density at radius 3 is 2.82 bits per heavy atom. The predicted octanol–water partition coefficient (Wildman–Crippen LogP) is 4.37. The number of hydrogen-bond donors (Lipinski definition) is 2. The Hall–Kier alpha value is -2.03. The van der Waals surface area contributed by atoms with Crippen LogP contribution in [0.25, 0.3) is 16.5 Å². The zero-order chi connectivity index (χ0) is 15.1. The van der Waals surface area contributed by atoms with Crippen LogP contribution in [0.5, 0.6) is 0 Å². The van der Waals surface area contributed by atoms with Crippen molar-refractivity contribution in [2.24, 2.45) is 0 Å². The first-order valence-electron chi connectivity index (χ1n) is 7.42. The van der Waals surface area contributed by atoms with E-state index in [-0.39, 0.29) is 6.61 Å². The summed E-state index contributed by atoms with van der Waals surface area (Å²) in [5.74, 6) is 0. The topological polar surface area (TPSA) is 36.0 Å². The Kier molecular flexibility index (Phi) is 3.29. The van der Waals surface area contributed by atoms with E-state index in [9.17, 15) is 5.11 Å². The van der Waals surface area contributed by atoms with Gasteiger partial charge in [-0.2, -0.15) is 0 Å². The number of aliphatic hydroxyl groups excluding tert-OH is 1. The Morgan fingerprint density at radius 1 is 1.09 bits per heavy atom. The van der Waals surface area contributed by atoms with Crippen molar-refractivity contribution in [2.45, 2.75) is 12.8 Å². The molecule has 0 saturated carbocycles. The second-order valence-electron chi connectivity index (χ2n) is 5.73. The highest BCUT2D eigenvalue weighted by Crippen LogP contribution is 2.35. The summed E-state index contributed by atoms with van der Waals surface area (Å²) < 4.78 is 0. The molecule has 22 heavy (non-hydrogen) atoms. The SMILES string of the molecule is OCC1=C(Cc2c[nH]c3c(Cl)cccc23)Cc2ccccc21. The van der Waals surface area contributed by atoms with Crippen LogP contribution < -0.4 is 0 Å². The molecule has 1 aliphatic rings. The molecule has 0 saturated heterocycles. The van der Waals surface area contributed by atoms with Crippen molar-refractivity contribution in [1.29, 1.82) is 0 Å². The summed E-state index contributed by atoms with van der Waals surface area (Å²) >= 11 is 6.23. The third-order valence-corrected chi connectivity index (χ3v) is 4.80. The quantitative estimate of drug-likeness (QED) is 0.740. The third kappa shape index (κ3) is 2.07. The first kappa shape index (κ1) is 13.6. The number of aromatic nitrogens is 1. The molecule has 2 N–H and O–H groups in total. The Labute approximate surface area is 134 Å². The highest BCUT2D eigenvalue weighted by Gasteiger charge is 2.21. The van der Waals surface area contributed by atoms with Crippen molar-refractivity contribution in [2.75, 3.05) is 6.61 Å². The van der Waals surface area contributed by atoms with Crippen LogP contribution >= 0.6 is 11.6 Å². The van der Waals surface area contributed by atoms with Gasteiger partial charge in [0.25, 0.3) is 0 Å². The van der Waals surface area contributed by atoms with E-state index in [4.69, 9.17) is 11.6 Å². The predicted molar refractivity (Wildman–Crippen MR) is 91.2 cm³/mol. The van der Waals surface area contributed by atoms with Gasteiger partial charge in [-0.05, 0) is 41.2 Å². The molecule has 0 fully saturated rings. The van der Waals surface area contributed by atoms with E-state index in [0.29, 0.717) is 0 Å². The van der Waals surface area contributed by atoms with E-state index >= 15 is 0 Å². The average molecular weight is 310 g/mol. The summed E-state index contributed by atoms with van der Waals surface area (Å²) in [5.41, 5.74) is 7.08. The second-order valence-corrected chi connectivity index (χ2v) is 6.13. The molecule has 0 spiro atoms. The van der Waals surface area contributed by atoms with Crippen LogP contribution in [0.4, 0.5) is 0 Å². The van der Waals surface area contributed by atoms with Gasteiger partial charge >= 0.3 is 0 Å². The van der Waals surface area contributed by atoms with Gasteiger partial charge in [-0.15, -0.1) is 0 Å². The molecular formula is C19H16ClNO. The first-order valence-corrected chi connectivity index (χ1v) is 7.80. The molecule has 110 valence electrons. The van der Waals surface area contributed by atoms with Gasteiger partial charge < -0.3 is 10.1 Å². The van der Waals surface area contributed by atoms with Crippen molar-refractivity contribution in [1.82, 2.24) is 4.98 Å². The molecule has 1 heterocycles. The van der Waals surface area contributed by atoms with E-state index in [2.05, 4.69) is 29.2 Å². The van der Waals surface area contributed by atoms with Crippen LogP contribution in [0.2, 0.25) is 5.02 Å². The van der Waals surface area contributed by atoms with E-state index < -0.39 is 0 Å². The monoisotopic (exact) mass is 309 g/mol. The average Bonchev–Trinajstić information content (AvgIpc) is 3.09. The molecule has 1 aromatic heterocycles. The maximum absolute atomic E-state index is 9.78. The molecule has 0 atom stereocenters. The zero-order valence-electron chi connectivity index (χ0n) is 12.1. The number of rotatable bonds is 3. The molecule has 0 radical (unpaired) electrons. The normalized spacial score (nSPS) is 13.9. The lowest BCUT2D eigenvalue weighted by molar-refractivity contribution is 0.349. The molecule has 3 aromatic rings. The van der Waals surface area contributed by atoms with Gasteiger partial charge in [0.1, 0.15) is 0 Å². The number of nitrogens with one attached hydrogen (secondary N) is 1. The summed E-state index contributed by atoms with van der Waals surface area (Å²) in [5, 5.41) is 11.7. The van der Waals surface area contributed by atoms with Gasteiger partial charge in [-0.3, -0.25) is 0 Å². The van der Waals surface area contributed by atoms with Crippen molar-refractivity contribution >= 4 is 28.1 Å². The molecule has 0 bridgehead atoms. The van der Waals surface area contributed by atoms with Gasteiger partial charge in [0, 0.05) is 11.6 Å². The van der Waals surface area contributed by atoms with E-state index in [1.807, 2.05) is 24.4 Å². The second kappa shape index (κ2) is 5.31. The number of para-hydroxylation sites is 1. The number of allylic oxidation sites excluding steroid dienone is 1. The minimum atomic E-state index is 0.0927. The van der Waals surface area contributed by atoms with Crippen molar-refractivity contribution in [3.63, 3.8) is 0 Å². The minimum Gasteiger partial charge on any atom is -0.392 e. The maximum Gasteiger partial charge on any atom is 0.0687 e. The summed E-state index contributed by atoms with van der Waals surface area (Å²) in [6.07, 6.45) is 3.78. The molecule has 0 aliphatic heterocycles. The summed E-state index contributed by atoms with van der Waals surface area (Å²) in [6.45, 7) is 0.0927. The van der Waals surface area contributed by atoms with Gasteiger partial charge in [-0.25, -0.2) is 0 Å². The Balaban J connectivity index is 1.76. The number of benzene rings is 2.